The van der Waals surface area contributed by atoms with Crippen molar-refractivity contribution in [2.75, 3.05) is 26.8 Å². The lowest BCUT2D eigenvalue weighted by molar-refractivity contribution is -0.153. The molecule has 0 saturated heterocycles. The summed E-state index contributed by atoms with van der Waals surface area (Å²) in [5.41, 5.74) is 0.312. The normalized spacial score (nSPS) is 12.0. The van der Waals surface area contributed by atoms with Crippen molar-refractivity contribution in [3.63, 3.8) is 0 Å². The van der Waals surface area contributed by atoms with Crippen LogP contribution in [0, 0.1) is 11.3 Å². The van der Waals surface area contributed by atoms with Crippen molar-refractivity contribution in [2.24, 2.45) is 0 Å². The van der Waals surface area contributed by atoms with E-state index in [0.717, 1.165) is 0 Å². The molecule has 1 atom stereocenters. The highest BCUT2D eigenvalue weighted by atomic mass is 32.2. The van der Waals surface area contributed by atoms with Gasteiger partial charge in [0, 0.05) is 13.7 Å². The Bertz CT molecular complexity index is 740. The minimum atomic E-state index is -3.93. The standard InChI is InChI=1S/C15H19N3O6S/c1-11(15(20)17-7-8-23-2)24-14(19)10-18-25(21,22)13-5-3-12(9-16)4-6-13/h3-6,11,18H,7-8,10H2,1-2H3,(H,17,20)/t11-/m1/s1. The number of benzene rings is 1. The predicted octanol–water partition coefficient (Wildman–Crippen LogP) is -0.469. The summed E-state index contributed by atoms with van der Waals surface area (Å²) < 4.78 is 35.8. The Balaban J connectivity index is 2.51. The van der Waals surface area contributed by atoms with E-state index >= 15 is 0 Å². The van der Waals surface area contributed by atoms with Crippen LogP contribution in [-0.4, -0.2) is 53.2 Å². The first-order valence-electron chi connectivity index (χ1n) is 7.26. The Morgan fingerprint density at radius 2 is 1.92 bits per heavy atom. The number of methoxy groups -OCH3 is 1. The van der Waals surface area contributed by atoms with Gasteiger partial charge >= 0.3 is 5.97 Å². The molecule has 1 aromatic rings. The molecule has 25 heavy (non-hydrogen) atoms. The molecule has 0 heterocycles. The van der Waals surface area contributed by atoms with Gasteiger partial charge in [-0.2, -0.15) is 9.98 Å². The number of sulfonamides is 1. The Morgan fingerprint density at radius 1 is 1.28 bits per heavy atom. The van der Waals surface area contributed by atoms with Crippen LogP contribution in [0.5, 0.6) is 0 Å². The summed E-state index contributed by atoms with van der Waals surface area (Å²) in [6, 6.07) is 7.06. The Kier molecular flexibility index (Phi) is 8.00. The van der Waals surface area contributed by atoms with Crippen molar-refractivity contribution in [3.8, 4) is 6.07 Å². The molecule has 0 unspecified atom stereocenters. The highest BCUT2D eigenvalue weighted by molar-refractivity contribution is 7.89. The average molecular weight is 369 g/mol. The SMILES string of the molecule is COCCNC(=O)[C@@H](C)OC(=O)CNS(=O)(=O)c1ccc(C#N)cc1. The monoisotopic (exact) mass is 369 g/mol. The minimum Gasteiger partial charge on any atom is -0.452 e. The molecule has 0 aliphatic rings. The molecule has 0 bridgehead atoms. The number of hydrogen-bond acceptors (Lipinski definition) is 7. The summed E-state index contributed by atoms with van der Waals surface area (Å²) >= 11 is 0. The lowest BCUT2D eigenvalue weighted by Crippen LogP contribution is -2.39. The maximum Gasteiger partial charge on any atom is 0.321 e. The van der Waals surface area contributed by atoms with Crippen LogP contribution in [0.25, 0.3) is 0 Å². The first kappa shape index (κ1) is 20.6. The number of carbonyl (C=O) groups is 2. The minimum absolute atomic E-state index is 0.0929. The maximum atomic E-state index is 12.0. The van der Waals surface area contributed by atoms with E-state index in [1.54, 1.807) is 0 Å². The van der Waals surface area contributed by atoms with E-state index in [-0.39, 0.29) is 11.4 Å². The quantitative estimate of drug-likeness (QED) is 0.444. The van der Waals surface area contributed by atoms with Crippen LogP contribution >= 0.6 is 0 Å². The third kappa shape index (κ3) is 6.88. The van der Waals surface area contributed by atoms with Gasteiger partial charge in [0.15, 0.2) is 6.10 Å². The zero-order chi connectivity index (χ0) is 18.9. The molecule has 0 aliphatic carbocycles. The molecular weight excluding hydrogens is 350 g/mol. The lowest BCUT2D eigenvalue weighted by Gasteiger charge is -2.13. The van der Waals surface area contributed by atoms with Crippen LogP contribution in [-0.2, 0) is 29.1 Å². The molecule has 1 aromatic carbocycles. The van der Waals surface area contributed by atoms with Crippen molar-refractivity contribution in [2.45, 2.75) is 17.9 Å². The predicted molar refractivity (Wildman–Crippen MR) is 86.8 cm³/mol. The number of esters is 1. The van der Waals surface area contributed by atoms with Crippen LogP contribution in [0.3, 0.4) is 0 Å². The molecule has 0 spiro atoms. The first-order valence-corrected chi connectivity index (χ1v) is 8.74. The summed E-state index contributed by atoms with van der Waals surface area (Å²) in [6.07, 6.45) is -1.07. The second kappa shape index (κ2) is 9.73. The molecule has 0 radical (unpaired) electrons. The maximum absolute atomic E-state index is 12.0. The van der Waals surface area contributed by atoms with Crippen LogP contribution in [0.2, 0.25) is 0 Å². The Hall–Kier alpha value is -2.48. The highest BCUT2D eigenvalue weighted by Gasteiger charge is 2.20. The van der Waals surface area contributed by atoms with Gasteiger partial charge in [-0.15, -0.1) is 0 Å². The van der Waals surface area contributed by atoms with Crippen molar-refractivity contribution in [3.05, 3.63) is 29.8 Å². The summed E-state index contributed by atoms with van der Waals surface area (Å²) in [5, 5.41) is 11.2. The molecule has 1 rings (SSSR count). The number of ether oxygens (including phenoxy) is 2. The molecule has 0 fully saturated rings. The molecule has 2 N–H and O–H groups in total. The van der Waals surface area contributed by atoms with Gasteiger partial charge in [0.05, 0.1) is 23.1 Å². The number of nitrogens with zero attached hydrogens (tertiary/aromatic N) is 1. The fraction of sp³-hybridized carbons (Fsp3) is 0.400. The van der Waals surface area contributed by atoms with Gasteiger partial charge in [0.25, 0.3) is 5.91 Å². The summed E-state index contributed by atoms with van der Waals surface area (Å²) in [4.78, 5) is 23.2. The van der Waals surface area contributed by atoms with Gasteiger partial charge in [0.1, 0.15) is 6.54 Å². The van der Waals surface area contributed by atoms with Gasteiger partial charge in [0.2, 0.25) is 10.0 Å². The topological polar surface area (TPSA) is 135 Å². The molecule has 0 saturated carbocycles. The van der Waals surface area contributed by atoms with Crippen LogP contribution in [0.1, 0.15) is 12.5 Å². The van der Waals surface area contributed by atoms with E-state index in [2.05, 4.69) is 10.0 Å². The van der Waals surface area contributed by atoms with Gasteiger partial charge in [-0.3, -0.25) is 9.59 Å². The summed E-state index contributed by atoms with van der Waals surface area (Å²) in [6.45, 7) is 1.33. The molecule has 0 aliphatic heterocycles. The second-order valence-corrected chi connectivity index (χ2v) is 6.64. The van der Waals surface area contributed by atoms with Crippen LogP contribution in [0.4, 0.5) is 0 Å². The third-order valence-electron chi connectivity index (χ3n) is 2.98. The average Bonchev–Trinajstić information content (AvgIpc) is 2.60. The zero-order valence-corrected chi connectivity index (χ0v) is 14.6. The Morgan fingerprint density at radius 3 is 2.48 bits per heavy atom. The van der Waals surface area contributed by atoms with E-state index in [9.17, 15) is 18.0 Å². The van der Waals surface area contributed by atoms with Crippen molar-refractivity contribution in [1.29, 1.82) is 5.26 Å². The van der Waals surface area contributed by atoms with E-state index in [1.807, 2.05) is 6.07 Å². The lowest BCUT2D eigenvalue weighted by atomic mass is 10.2. The van der Waals surface area contributed by atoms with Gasteiger partial charge < -0.3 is 14.8 Å². The number of nitrogens with one attached hydrogen (secondary N) is 2. The molecule has 10 heteroatoms. The van der Waals surface area contributed by atoms with Crippen molar-refractivity contribution in [1.82, 2.24) is 10.0 Å². The van der Waals surface area contributed by atoms with E-state index < -0.39 is 34.5 Å². The van der Waals surface area contributed by atoms with Gasteiger partial charge in [-0.25, -0.2) is 8.42 Å². The third-order valence-corrected chi connectivity index (χ3v) is 4.40. The second-order valence-electron chi connectivity index (χ2n) is 4.88. The fourth-order valence-electron chi connectivity index (χ4n) is 1.66. The first-order chi connectivity index (χ1) is 11.8. The largest absolute Gasteiger partial charge is 0.452 e. The number of rotatable bonds is 9. The zero-order valence-electron chi connectivity index (χ0n) is 13.8. The molecule has 0 aromatic heterocycles. The number of carbonyl (C=O) groups excluding carboxylic acids is 2. The van der Waals surface area contributed by atoms with Gasteiger partial charge in [-0.1, -0.05) is 0 Å². The van der Waals surface area contributed by atoms with Crippen LogP contribution in [0.15, 0.2) is 29.2 Å². The van der Waals surface area contributed by atoms with Crippen LogP contribution < -0.4 is 10.0 Å². The number of nitriles is 1. The van der Waals surface area contributed by atoms with E-state index in [4.69, 9.17) is 14.7 Å². The smallest absolute Gasteiger partial charge is 0.321 e. The Labute approximate surface area is 146 Å². The van der Waals surface area contributed by atoms with E-state index in [0.29, 0.717) is 12.2 Å². The fourth-order valence-corrected chi connectivity index (χ4v) is 2.63. The number of amides is 1. The number of hydrogen-bond donors (Lipinski definition) is 2. The summed E-state index contributed by atoms with van der Waals surface area (Å²) in [7, 11) is -2.45. The van der Waals surface area contributed by atoms with Gasteiger partial charge in [-0.05, 0) is 31.2 Å². The highest BCUT2D eigenvalue weighted by Crippen LogP contribution is 2.09. The van der Waals surface area contributed by atoms with Crippen molar-refractivity contribution < 1.29 is 27.5 Å². The van der Waals surface area contributed by atoms with Crippen molar-refractivity contribution >= 4 is 21.9 Å². The molecule has 136 valence electrons. The van der Waals surface area contributed by atoms with E-state index in [1.165, 1.54) is 38.3 Å². The molecule has 1 amide bonds. The molecular formula is C15H19N3O6S. The summed E-state index contributed by atoms with van der Waals surface area (Å²) in [5.74, 6) is -1.41. The molecule has 9 nitrogen and oxygen atoms in total.